The third-order valence-electron chi connectivity index (χ3n) is 9.29. The number of likely N-dealkylation sites (tertiary alicyclic amines) is 1. The molecule has 6 rings (SSSR count). The number of ether oxygens (including phenoxy) is 1. The lowest BCUT2D eigenvalue weighted by atomic mass is 9.61. The molecule has 2 saturated heterocycles. The predicted octanol–water partition coefficient (Wildman–Crippen LogP) is 2.75. The number of piperidine rings is 1. The van der Waals surface area contributed by atoms with Crippen LogP contribution in [0, 0.1) is 5.41 Å². The van der Waals surface area contributed by atoms with Gasteiger partial charge in [0.05, 0.1) is 19.9 Å². The van der Waals surface area contributed by atoms with Gasteiger partial charge in [0.15, 0.2) is 5.82 Å². The first-order chi connectivity index (χ1) is 19.5. The van der Waals surface area contributed by atoms with Gasteiger partial charge in [-0.1, -0.05) is 13.3 Å². The Morgan fingerprint density at radius 1 is 1.20 bits per heavy atom. The van der Waals surface area contributed by atoms with Crippen LogP contribution in [0.2, 0.25) is 0 Å². The molecule has 40 heavy (non-hydrogen) atoms. The van der Waals surface area contributed by atoms with Crippen molar-refractivity contribution in [1.82, 2.24) is 34.9 Å². The average Bonchev–Trinajstić information content (AvgIpc) is 3.30. The molecule has 0 aromatic carbocycles. The number of hydrogen-bond acceptors (Lipinski definition) is 10. The van der Waals surface area contributed by atoms with Crippen molar-refractivity contribution in [3.63, 3.8) is 0 Å². The van der Waals surface area contributed by atoms with Gasteiger partial charge in [0, 0.05) is 38.0 Å². The van der Waals surface area contributed by atoms with Gasteiger partial charge in [-0.2, -0.15) is 10.1 Å². The molecular formula is C29H43N9O2. The molecule has 11 nitrogen and oxygen atoms in total. The highest BCUT2D eigenvalue weighted by atomic mass is 16.5. The van der Waals surface area contributed by atoms with Gasteiger partial charge in [-0.05, 0) is 74.6 Å². The zero-order valence-electron chi connectivity index (χ0n) is 23.8. The molecule has 1 saturated carbocycles. The van der Waals surface area contributed by atoms with E-state index in [2.05, 4.69) is 43.6 Å². The Labute approximate surface area is 235 Å². The number of nitrogens with one attached hydrogen (secondary N) is 2. The standard InChI is InChI=1S/C29H43N9O2/c1-3-4-21(7-10-39)34-27-26-23(35-28(30)36-27)15-33-38(26)16-24-25(40-2)11-20(14-32-24)19-5-8-37(9-6-19)22-12-29(13-22)17-31-18-29/h11,14-15,19,21-22,31,39H,3-10,12-13,16-18H2,1-2H3,(H3,30,34,35,36)/t21-/m0/s1. The fourth-order valence-electron chi connectivity index (χ4n) is 6.94. The van der Waals surface area contributed by atoms with Crippen LogP contribution in [-0.4, -0.2) is 86.7 Å². The van der Waals surface area contributed by atoms with Crippen LogP contribution in [0.3, 0.4) is 0 Å². The summed E-state index contributed by atoms with van der Waals surface area (Å²) in [5, 5.41) is 21.1. The molecule has 0 radical (unpaired) electrons. The molecule has 1 aliphatic carbocycles. The highest BCUT2D eigenvalue weighted by Gasteiger charge is 2.50. The molecule has 0 unspecified atom stereocenters. The summed E-state index contributed by atoms with van der Waals surface area (Å²) in [5.74, 6) is 2.10. The molecule has 3 aromatic heterocycles. The van der Waals surface area contributed by atoms with Crippen LogP contribution >= 0.6 is 0 Å². The van der Waals surface area contributed by atoms with E-state index >= 15 is 0 Å². The summed E-state index contributed by atoms with van der Waals surface area (Å²) in [6, 6.07) is 3.02. The smallest absolute Gasteiger partial charge is 0.222 e. The van der Waals surface area contributed by atoms with Gasteiger partial charge < -0.3 is 31.1 Å². The number of aromatic nitrogens is 5. The number of nitrogens with two attached hydrogens (primary N) is 1. The molecule has 5 N–H and O–H groups in total. The van der Waals surface area contributed by atoms with E-state index in [-0.39, 0.29) is 18.6 Å². The number of methoxy groups -OCH3 is 1. The average molecular weight is 550 g/mol. The fourth-order valence-corrected chi connectivity index (χ4v) is 6.94. The molecule has 0 bridgehead atoms. The summed E-state index contributed by atoms with van der Waals surface area (Å²) in [7, 11) is 1.71. The Morgan fingerprint density at radius 2 is 2.00 bits per heavy atom. The van der Waals surface area contributed by atoms with E-state index in [0.29, 0.717) is 35.6 Å². The van der Waals surface area contributed by atoms with E-state index in [1.807, 2.05) is 10.9 Å². The summed E-state index contributed by atoms with van der Waals surface area (Å²) in [4.78, 5) is 16.5. The normalized spacial score (nSPS) is 20.4. The molecule has 0 amide bonds. The van der Waals surface area contributed by atoms with Crippen LogP contribution in [0.25, 0.3) is 11.0 Å². The minimum absolute atomic E-state index is 0.0786. The lowest BCUT2D eigenvalue weighted by Gasteiger charge is -2.58. The predicted molar refractivity (Wildman–Crippen MR) is 156 cm³/mol. The zero-order valence-corrected chi connectivity index (χ0v) is 23.8. The highest BCUT2D eigenvalue weighted by Crippen LogP contribution is 2.47. The van der Waals surface area contributed by atoms with Crippen molar-refractivity contribution in [2.45, 2.75) is 76.4 Å². The SMILES string of the molecule is CCC[C@@H](CCO)Nc1nc(N)nc2cnn(Cc3ncc(C4CCN(C5CC6(CNC6)C5)CC4)cc3OC)c12. The number of aliphatic hydroxyl groups excluding tert-OH is 1. The van der Waals surface area contributed by atoms with Crippen molar-refractivity contribution in [2.75, 3.05) is 50.9 Å². The Balaban J connectivity index is 1.16. The Morgan fingerprint density at radius 3 is 2.67 bits per heavy atom. The van der Waals surface area contributed by atoms with Crippen molar-refractivity contribution in [2.24, 2.45) is 5.41 Å². The zero-order chi connectivity index (χ0) is 27.7. The van der Waals surface area contributed by atoms with Crippen LogP contribution in [0.5, 0.6) is 5.75 Å². The summed E-state index contributed by atoms with van der Waals surface area (Å²) < 4.78 is 7.68. The number of pyridine rings is 1. The quantitative estimate of drug-likeness (QED) is 0.282. The van der Waals surface area contributed by atoms with E-state index in [4.69, 9.17) is 15.5 Å². The number of nitrogen functional groups attached to an aromatic ring is 1. The maximum Gasteiger partial charge on any atom is 0.222 e. The monoisotopic (exact) mass is 549 g/mol. The minimum atomic E-state index is 0.0786. The van der Waals surface area contributed by atoms with Gasteiger partial charge in [-0.3, -0.25) is 9.67 Å². The third kappa shape index (κ3) is 5.34. The number of anilines is 2. The topological polar surface area (TPSA) is 139 Å². The fraction of sp³-hybridized carbons (Fsp3) is 0.655. The molecule has 216 valence electrons. The molecule has 3 fully saturated rings. The maximum atomic E-state index is 9.53. The van der Waals surface area contributed by atoms with Crippen LogP contribution in [0.4, 0.5) is 11.8 Å². The first-order valence-electron chi connectivity index (χ1n) is 14.8. The molecule has 2 aliphatic heterocycles. The number of aliphatic hydroxyl groups is 1. The molecule has 1 spiro atoms. The van der Waals surface area contributed by atoms with Gasteiger partial charge in [0.1, 0.15) is 22.5 Å². The molecule has 3 aliphatic rings. The molecule has 1 atom stereocenters. The van der Waals surface area contributed by atoms with E-state index in [0.717, 1.165) is 61.8 Å². The van der Waals surface area contributed by atoms with Gasteiger partial charge in [-0.25, -0.2) is 4.98 Å². The lowest BCUT2D eigenvalue weighted by molar-refractivity contribution is -0.0432. The van der Waals surface area contributed by atoms with Crippen molar-refractivity contribution in [3.8, 4) is 5.75 Å². The van der Waals surface area contributed by atoms with E-state index in [1.165, 1.54) is 31.5 Å². The summed E-state index contributed by atoms with van der Waals surface area (Å²) >= 11 is 0. The summed E-state index contributed by atoms with van der Waals surface area (Å²) in [6.45, 7) is 7.41. The van der Waals surface area contributed by atoms with E-state index in [1.54, 1.807) is 13.3 Å². The molecular weight excluding hydrogens is 506 g/mol. The number of hydrogen-bond donors (Lipinski definition) is 4. The van der Waals surface area contributed by atoms with Gasteiger partial charge in [0.25, 0.3) is 0 Å². The molecule has 11 heteroatoms. The Kier molecular flexibility index (Phi) is 7.78. The number of fused-ring (bicyclic) bond motifs is 1. The van der Waals surface area contributed by atoms with Crippen molar-refractivity contribution < 1.29 is 9.84 Å². The second-order valence-corrected chi connectivity index (χ2v) is 12.0. The van der Waals surface area contributed by atoms with E-state index < -0.39 is 0 Å². The van der Waals surface area contributed by atoms with Gasteiger partial charge >= 0.3 is 0 Å². The highest BCUT2D eigenvalue weighted by molar-refractivity contribution is 5.86. The first-order valence-corrected chi connectivity index (χ1v) is 14.8. The third-order valence-corrected chi connectivity index (χ3v) is 9.29. The maximum absolute atomic E-state index is 9.53. The summed E-state index contributed by atoms with van der Waals surface area (Å²) in [5.41, 5.74) is 10.1. The Bertz CT molecular complexity index is 1300. The minimum Gasteiger partial charge on any atom is -0.495 e. The Hall–Kier alpha value is -3.02. The van der Waals surface area contributed by atoms with Gasteiger partial charge in [0.2, 0.25) is 5.95 Å². The second-order valence-electron chi connectivity index (χ2n) is 12.0. The van der Waals surface area contributed by atoms with Crippen molar-refractivity contribution >= 4 is 22.8 Å². The largest absolute Gasteiger partial charge is 0.495 e. The van der Waals surface area contributed by atoms with Crippen LogP contribution in [0.15, 0.2) is 18.5 Å². The lowest BCUT2D eigenvalue weighted by Crippen LogP contribution is -2.65. The number of rotatable bonds is 11. The van der Waals surface area contributed by atoms with Crippen molar-refractivity contribution in [3.05, 3.63) is 29.7 Å². The van der Waals surface area contributed by atoms with Crippen LogP contribution < -0.4 is 21.1 Å². The van der Waals surface area contributed by atoms with Crippen LogP contribution in [0.1, 0.15) is 69.0 Å². The molecule has 5 heterocycles. The second kappa shape index (κ2) is 11.5. The summed E-state index contributed by atoms with van der Waals surface area (Å²) in [6.07, 6.45) is 11.3. The van der Waals surface area contributed by atoms with Gasteiger partial charge in [-0.15, -0.1) is 0 Å². The van der Waals surface area contributed by atoms with Crippen LogP contribution in [-0.2, 0) is 6.54 Å². The number of nitrogens with zero attached hydrogens (tertiary/aromatic N) is 6. The van der Waals surface area contributed by atoms with E-state index in [9.17, 15) is 5.11 Å². The molecule has 3 aromatic rings. The van der Waals surface area contributed by atoms with Crippen molar-refractivity contribution in [1.29, 1.82) is 0 Å². The first kappa shape index (κ1) is 27.2.